The lowest BCUT2D eigenvalue weighted by Gasteiger charge is -2.16. The number of likely N-dealkylation sites (N-methyl/N-ethyl adjacent to an activating group) is 1. The van der Waals surface area contributed by atoms with Gasteiger partial charge in [-0.1, -0.05) is 48.0 Å². The van der Waals surface area contributed by atoms with E-state index in [1.165, 1.54) is 17.0 Å². The molecule has 0 unspecified atom stereocenters. The van der Waals surface area contributed by atoms with Gasteiger partial charge in [0.1, 0.15) is 18.1 Å². The number of nitro benzene ring substituents is 1. The van der Waals surface area contributed by atoms with Crippen LogP contribution >= 0.6 is 23.8 Å². The number of anilines is 1. The Kier molecular flexibility index (Phi) is 6.39. The first-order valence-electron chi connectivity index (χ1n) is 9.90. The maximum atomic E-state index is 13.0. The highest BCUT2D eigenvalue weighted by Gasteiger charge is 2.36. The Labute approximate surface area is 200 Å². The Hall–Kier alpha value is -3.75. The summed E-state index contributed by atoms with van der Waals surface area (Å²) in [5.74, 6) is 0.202. The third kappa shape index (κ3) is 4.72. The minimum atomic E-state index is -0.454. The third-order valence-electron chi connectivity index (χ3n) is 5.05. The largest absolute Gasteiger partial charge is 0.487 e. The summed E-state index contributed by atoms with van der Waals surface area (Å²) >= 11 is 11.9. The standard InChI is InChI=1S/C24H18ClN3O4S/c1-26-21(23(29)27(24(26)33)18-7-3-2-4-8-18)14-16-10-11-22(20(25)13-16)32-15-17-6-5-9-19(12-17)28(30)31/h2-14H,15H2,1H3. The zero-order valence-electron chi connectivity index (χ0n) is 17.5. The van der Waals surface area contributed by atoms with E-state index >= 15 is 0 Å². The quantitative estimate of drug-likeness (QED) is 0.203. The first kappa shape index (κ1) is 22.4. The van der Waals surface area contributed by atoms with Gasteiger partial charge in [0.15, 0.2) is 5.11 Å². The van der Waals surface area contributed by atoms with Crippen LogP contribution in [-0.4, -0.2) is 27.9 Å². The molecule has 1 saturated heterocycles. The normalized spacial score (nSPS) is 14.8. The number of halogens is 1. The highest BCUT2D eigenvalue weighted by Crippen LogP contribution is 2.31. The van der Waals surface area contributed by atoms with E-state index in [1.807, 2.05) is 30.3 Å². The van der Waals surface area contributed by atoms with Gasteiger partial charge in [-0.15, -0.1) is 0 Å². The monoisotopic (exact) mass is 479 g/mol. The fourth-order valence-corrected chi connectivity index (χ4v) is 3.89. The fraction of sp³-hybridized carbons (Fsp3) is 0.0833. The molecule has 0 saturated carbocycles. The molecular weight excluding hydrogens is 462 g/mol. The highest BCUT2D eigenvalue weighted by atomic mass is 35.5. The van der Waals surface area contributed by atoms with E-state index in [9.17, 15) is 14.9 Å². The van der Waals surface area contributed by atoms with Crippen LogP contribution in [0.5, 0.6) is 5.75 Å². The zero-order chi connectivity index (χ0) is 23.5. The molecule has 0 atom stereocenters. The molecule has 3 aromatic rings. The van der Waals surface area contributed by atoms with E-state index < -0.39 is 4.92 Å². The minimum Gasteiger partial charge on any atom is -0.487 e. The van der Waals surface area contributed by atoms with Gasteiger partial charge >= 0.3 is 0 Å². The summed E-state index contributed by atoms with van der Waals surface area (Å²) in [6, 6.07) is 20.6. The van der Waals surface area contributed by atoms with Crippen LogP contribution in [0.15, 0.2) is 78.5 Å². The lowest BCUT2D eigenvalue weighted by atomic mass is 10.1. The molecule has 1 heterocycles. The zero-order valence-corrected chi connectivity index (χ0v) is 19.0. The van der Waals surface area contributed by atoms with Crippen molar-refractivity contribution >= 4 is 52.3 Å². The van der Waals surface area contributed by atoms with Crippen molar-refractivity contribution in [2.24, 2.45) is 0 Å². The molecular formula is C24H18ClN3O4S. The average molecular weight is 480 g/mol. The second kappa shape index (κ2) is 9.40. The van der Waals surface area contributed by atoms with Crippen LogP contribution in [0, 0.1) is 10.1 Å². The van der Waals surface area contributed by atoms with Gasteiger partial charge in [0.25, 0.3) is 11.6 Å². The minimum absolute atomic E-state index is 0.00280. The van der Waals surface area contributed by atoms with Crippen LogP contribution in [0.4, 0.5) is 11.4 Å². The molecule has 1 fully saturated rings. The predicted molar refractivity (Wildman–Crippen MR) is 131 cm³/mol. The van der Waals surface area contributed by atoms with E-state index in [1.54, 1.807) is 48.4 Å². The number of nitrogens with zero attached hydrogens (tertiary/aromatic N) is 3. The van der Waals surface area contributed by atoms with Crippen molar-refractivity contribution in [2.45, 2.75) is 6.61 Å². The van der Waals surface area contributed by atoms with Crippen LogP contribution in [0.1, 0.15) is 11.1 Å². The van der Waals surface area contributed by atoms with Gasteiger partial charge in [0.05, 0.1) is 15.6 Å². The molecule has 3 aromatic carbocycles. The van der Waals surface area contributed by atoms with E-state index in [-0.39, 0.29) is 18.2 Å². The lowest BCUT2D eigenvalue weighted by molar-refractivity contribution is -0.384. The SMILES string of the molecule is CN1C(=S)N(c2ccccc2)C(=O)C1=Cc1ccc(OCc2cccc([N+](=O)[O-])c2)c(Cl)c1. The Bertz CT molecular complexity index is 1280. The Balaban J connectivity index is 1.52. The Morgan fingerprint density at radius 3 is 2.55 bits per heavy atom. The maximum absolute atomic E-state index is 13.0. The van der Waals surface area contributed by atoms with Crippen LogP contribution in [0.3, 0.4) is 0 Å². The Morgan fingerprint density at radius 2 is 1.85 bits per heavy atom. The van der Waals surface area contributed by atoms with Gasteiger partial charge in [-0.3, -0.25) is 19.8 Å². The van der Waals surface area contributed by atoms with Gasteiger partial charge in [0, 0.05) is 19.2 Å². The first-order chi connectivity index (χ1) is 15.8. The molecule has 0 radical (unpaired) electrons. The number of thiocarbonyl (C=S) groups is 1. The van der Waals surface area contributed by atoms with Crippen molar-refractivity contribution in [2.75, 3.05) is 11.9 Å². The molecule has 0 N–H and O–H groups in total. The van der Waals surface area contributed by atoms with E-state index in [2.05, 4.69) is 0 Å². The molecule has 1 aliphatic rings. The molecule has 0 spiro atoms. The number of amides is 1. The molecule has 0 aromatic heterocycles. The molecule has 9 heteroatoms. The molecule has 1 amide bonds. The van der Waals surface area contributed by atoms with Crippen molar-refractivity contribution in [1.29, 1.82) is 0 Å². The second-order valence-electron chi connectivity index (χ2n) is 7.25. The first-order valence-corrected chi connectivity index (χ1v) is 10.7. The number of carbonyl (C=O) groups is 1. The summed E-state index contributed by atoms with van der Waals surface area (Å²) in [5, 5.41) is 11.7. The fourth-order valence-electron chi connectivity index (χ4n) is 3.36. The summed E-state index contributed by atoms with van der Waals surface area (Å²) in [7, 11) is 1.74. The lowest BCUT2D eigenvalue weighted by Crippen LogP contribution is -2.30. The summed E-state index contributed by atoms with van der Waals surface area (Å²) in [4.78, 5) is 26.7. The summed E-state index contributed by atoms with van der Waals surface area (Å²) in [6.45, 7) is 0.128. The van der Waals surface area contributed by atoms with Crippen LogP contribution in [0.2, 0.25) is 5.02 Å². The number of benzene rings is 3. The van der Waals surface area contributed by atoms with Gasteiger partial charge in [-0.2, -0.15) is 0 Å². The summed E-state index contributed by atoms with van der Waals surface area (Å²) in [5.41, 5.74) is 2.47. The number of non-ortho nitro benzene ring substituents is 1. The third-order valence-corrected chi connectivity index (χ3v) is 5.80. The van der Waals surface area contributed by atoms with E-state index in [0.29, 0.717) is 38.4 Å². The molecule has 0 bridgehead atoms. The number of ether oxygens (including phenoxy) is 1. The van der Waals surface area contributed by atoms with E-state index in [4.69, 9.17) is 28.6 Å². The molecule has 0 aliphatic carbocycles. The molecule has 166 valence electrons. The smallest absolute Gasteiger partial charge is 0.281 e. The maximum Gasteiger partial charge on any atom is 0.281 e. The molecule has 33 heavy (non-hydrogen) atoms. The molecule has 4 rings (SSSR count). The summed E-state index contributed by atoms with van der Waals surface area (Å²) < 4.78 is 5.74. The predicted octanol–water partition coefficient (Wildman–Crippen LogP) is 5.43. The number of hydrogen-bond acceptors (Lipinski definition) is 5. The molecule has 7 nitrogen and oxygen atoms in total. The molecule has 1 aliphatic heterocycles. The van der Waals surface area contributed by atoms with Crippen molar-refractivity contribution in [3.8, 4) is 5.75 Å². The van der Waals surface area contributed by atoms with Crippen molar-refractivity contribution in [1.82, 2.24) is 4.90 Å². The van der Waals surface area contributed by atoms with Crippen molar-refractivity contribution in [3.05, 3.63) is 105 Å². The van der Waals surface area contributed by atoms with Crippen LogP contribution < -0.4 is 9.64 Å². The van der Waals surface area contributed by atoms with E-state index in [0.717, 1.165) is 0 Å². The van der Waals surface area contributed by atoms with Gasteiger partial charge in [0.2, 0.25) is 0 Å². The van der Waals surface area contributed by atoms with Crippen LogP contribution in [0.25, 0.3) is 6.08 Å². The van der Waals surface area contributed by atoms with Crippen molar-refractivity contribution < 1.29 is 14.5 Å². The number of para-hydroxylation sites is 1. The van der Waals surface area contributed by atoms with Gasteiger partial charge < -0.3 is 9.64 Å². The topological polar surface area (TPSA) is 75.9 Å². The second-order valence-corrected chi connectivity index (χ2v) is 8.03. The van der Waals surface area contributed by atoms with Gasteiger partial charge in [-0.05, 0) is 53.7 Å². The highest BCUT2D eigenvalue weighted by molar-refractivity contribution is 7.80. The number of hydrogen-bond donors (Lipinski definition) is 0. The number of rotatable bonds is 6. The Morgan fingerprint density at radius 1 is 1.09 bits per heavy atom. The van der Waals surface area contributed by atoms with Crippen LogP contribution in [-0.2, 0) is 11.4 Å². The summed E-state index contributed by atoms with van der Waals surface area (Å²) in [6.07, 6.45) is 1.72. The van der Waals surface area contributed by atoms with Crippen molar-refractivity contribution in [3.63, 3.8) is 0 Å². The number of carbonyl (C=O) groups excluding carboxylic acids is 1. The number of nitro groups is 1. The average Bonchev–Trinajstić information content (AvgIpc) is 3.02. The van der Waals surface area contributed by atoms with Gasteiger partial charge in [-0.25, -0.2) is 0 Å².